The summed E-state index contributed by atoms with van der Waals surface area (Å²) in [4.78, 5) is 0. The van der Waals surface area contributed by atoms with Crippen molar-refractivity contribution >= 4 is 0 Å². The van der Waals surface area contributed by atoms with E-state index in [1.165, 1.54) is 366 Å². The first-order chi connectivity index (χ1) is 32.7. The Morgan fingerprint density at radius 1 is 0.121 bits per heavy atom. The lowest BCUT2D eigenvalue weighted by Crippen LogP contribution is -2.21. The molecular formula is C66H134. The van der Waals surface area contributed by atoms with E-state index in [4.69, 9.17) is 0 Å². The maximum absolute atomic E-state index is 2.33. The molecule has 0 aromatic carbocycles. The summed E-state index contributed by atoms with van der Waals surface area (Å²) in [6, 6.07) is 0. The van der Waals surface area contributed by atoms with Crippen LogP contribution in [0, 0.1) is 5.41 Å². The molecule has 398 valence electrons. The van der Waals surface area contributed by atoms with Gasteiger partial charge in [-0.2, -0.15) is 0 Å². The minimum Gasteiger partial charge on any atom is -0.0654 e. The Balaban J connectivity index is 4.94. The standard InChI is InChI=1S/C66H134/c1-5-9-13-17-21-25-29-33-37-41-45-49-53-57-61-65-66(62-58-54-50-46-42-38-34-30-26-22-18-14-10-6-2,63-59-55-51-47-43-39-35-31-27-23-19-15-11-7-3)64-60-56-52-48-44-40-36-32-28-24-20-16-12-8-4/h5-65H2,1-4H3. The van der Waals surface area contributed by atoms with E-state index in [0.29, 0.717) is 5.41 Å². The van der Waals surface area contributed by atoms with Crippen LogP contribution in [0.5, 0.6) is 0 Å². The van der Waals surface area contributed by atoms with E-state index in [1.54, 1.807) is 25.7 Å². The number of hydrogen-bond donors (Lipinski definition) is 0. The molecule has 0 atom stereocenters. The Morgan fingerprint density at radius 2 is 0.212 bits per heavy atom. The van der Waals surface area contributed by atoms with Gasteiger partial charge in [-0.1, -0.05) is 394 Å². The van der Waals surface area contributed by atoms with Crippen LogP contribution in [0.15, 0.2) is 0 Å². The second kappa shape index (κ2) is 59.3. The zero-order chi connectivity index (χ0) is 47.6. The smallest absolute Gasteiger partial charge is 0.0297 e. The van der Waals surface area contributed by atoms with Crippen LogP contribution in [0.25, 0.3) is 0 Å². The van der Waals surface area contributed by atoms with Crippen molar-refractivity contribution in [1.82, 2.24) is 0 Å². The van der Waals surface area contributed by atoms with Crippen LogP contribution in [-0.4, -0.2) is 0 Å². The van der Waals surface area contributed by atoms with Crippen LogP contribution in [-0.2, 0) is 0 Å². The Kier molecular flexibility index (Phi) is 59.3. The van der Waals surface area contributed by atoms with Crippen molar-refractivity contribution in [3.63, 3.8) is 0 Å². The van der Waals surface area contributed by atoms with Gasteiger partial charge < -0.3 is 0 Å². The topological polar surface area (TPSA) is 0 Å². The van der Waals surface area contributed by atoms with E-state index in [-0.39, 0.29) is 0 Å². The third-order valence-corrected chi connectivity index (χ3v) is 16.5. The van der Waals surface area contributed by atoms with Gasteiger partial charge in [0.15, 0.2) is 0 Å². The average Bonchev–Trinajstić information content (AvgIpc) is 3.33. The van der Waals surface area contributed by atoms with Gasteiger partial charge in [0, 0.05) is 0 Å². The van der Waals surface area contributed by atoms with Crippen LogP contribution in [0.2, 0.25) is 0 Å². The highest BCUT2D eigenvalue weighted by Crippen LogP contribution is 2.42. The fourth-order valence-electron chi connectivity index (χ4n) is 11.7. The largest absolute Gasteiger partial charge is 0.0654 e. The molecular weight excluding hydrogens is 793 g/mol. The highest BCUT2D eigenvalue weighted by Gasteiger charge is 2.28. The molecule has 0 fully saturated rings. The maximum atomic E-state index is 2.33. The molecule has 0 aromatic rings. The predicted molar refractivity (Wildman–Crippen MR) is 307 cm³/mol. The zero-order valence-electron chi connectivity index (χ0n) is 47.6. The first-order valence-corrected chi connectivity index (χ1v) is 32.7. The van der Waals surface area contributed by atoms with Crippen molar-refractivity contribution in [3.05, 3.63) is 0 Å². The molecule has 0 heterocycles. The summed E-state index contributed by atoms with van der Waals surface area (Å²) in [5.41, 5.74) is 0.655. The summed E-state index contributed by atoms with van der Waals surface area (Å²) in [6.07, 6.45) is 90.8. The molecule has 0 aliphatic heterocycles. The second-order valence-corrected chi connectivity index (χ2v) is 23.2. The van der Waals surface area contributed by atoms with Gasteiger partial charge in [-0.25, -0.2) is 0 Å². The van der Waals surface area contributed by atoms with Crippen molar-refractivity contribution in [2.75, 3.05) is 0 Å². The van der Waals surface area contributed by atoms with Crippen LogP contribution in [0.4, 0.5) is 0 Å². The van der Waals surface area contributed by atoms with E-state index in [0.717, 1.165) is 0 Å². The van der Waals surface area contributed by atoms with Gasteiger partial charge in [0.2, 0.25) is 0 Å². The quantitative estimate of drug-likeness (QED) is 0.0533. The number of unbranched alkanes of at least 4 members (excludes halogenated alkanes) is 53. The Hall–Kier alpha value is 0. The lowest BCUT2D eigenvalue weighted by molar-refractivity contribution is 0.171. The molecule has 0 rings (SSSR count). The van der Waals surface area contributed by atoms with Gasteiger partial charge in [0.1, 0.15) is 0 Å². The molecule has 0 saturated heterocycles. The highest BCUT2D eigenvalue weighted by atomic mass is 14.3. The van der Waals surface area contributed by atoms with E-state index in [1.807, 2.05) is 0 Å². The minimum atomic E-state index is 0.655. The molecule has 0 N–H and O–H groups in total. The van der Waals surface area contributed by atoms with Crippen molar-refractivity contribution < 1.29 is 0 Å². The summed E-state index contributed by atoms with van der Waals surface area (Å²) in [5.74, 6) is 0. The first-order valence-electron chi connectivity index (χ1n) is 32.7. The molecule has 0 spiro atoms. The molecule has 0 nitrogen and oxygen atoms in total. The van der Waals surface area contributed by atoms with Gasteiger partial charge in [-0.3, -0.25) is 0 Å². The number of hydrogen-bond acceptors (Lipinski definition) is 0. The van der Waals surface area contributed by atoms with Crippen LogP contribution >= 0.6 is 0 Å². The van der Waals surface area contributed by atoms with Gasteiger partial charge in [0.25, 0.3) is 0 Å². The molecule has 66 heavy (non-hydrogen) atoms. The van der Waals surface area contributed by atoms with E-state index >= 15 is 0 Å². The lowest BCUT2D eigenvalue weighted by Gasteiger charge is -2.35. The second-order valence-electron chi connectivity index (χ2n) is 23.2. The predicted octanol–water partition coefficient (Wildman–Crippen LogP) is 25.8. The Labute approximate surface area is 422 Å². The molecule has 0 radical (unpaired) electrons. The van der Waals surface area contributed by atoms with E-state index in [9.17, 15) is 0 Å². The first kappa shape index (κ1) is 66.0. The normalized spacial score (nSPS) is 12.0. The van der Waals surface area contributed by atoms with Gasteiger partial charge >= 0.3 is 0 Å². The van der Waals surface area contributed by atoms with Crippen LogP contribution < -0.4 is 0 Å². The molecule has 0 amide bonds. The summed E-state index contributed by atoms with van der Waals surface area (Å²) in [7, 11) is 0. The van der Waals surface area contributed by atoms with Crippen molar-refractivity contribution in [2.24, 2.45) is 5.41 Å². The third kappa shape index (κ3) is 53.4. The highest BCUT2D eigenvalue weighted by molar-refractivity contribution is 4.80. The molecule has 0 heteroatoms. The fourth-order valence-corrected chi connectivity index (χ4v) is 11.7. The van der Waals surface area contributed by atoms with Crippen LogP contribution in [0.1, 0.15) is 419 Å². The molecule has 0 aliphatic carbocycles. The summed E-state index contributed by atoms with van der Waals surface area (Å²) < 4.78 is 0. The van der Waals surface area contributed by atoms with Crippen molar-refractivity contribution in [2.45, 2.75) is 419 Å². The Morgan fingerprint density at radius 3 is 0.318 bits per heavy atom. The SMILES string of the molecule is CCCCCCCCCCCCCCCCCC(CCCCCCCCCCCCCCCC)(CCCCCCCCCCCCCCCC)CCCCCCCCCCCCCCCC. The van der Waals surface area contributed by atoms with Gasteiger partial charge in [0.05, 0.1) is 0 Å². The lowest BCUT2D eigenvalue weighted by atomic mass is 9.70. The summed E-state index contributed by atoms with van der Waals surface area (Å²) in [5, 5.41) is 0. The minimum absolute atomic E-state index is 0.655. The maximum Gasteiger partial charge on any atom is -0.0297 e. The van der Waals surface area contributed by atoms with Crippen molar-refractivity contribution in [3.8, 4) is 0 Å². The molecule has 0 bridgehead atoms. The average molecular weight is 928 g/mol. The fraction of sp³-hybridized carbons (Fsp3) is 1.00. The van der Waals surface area contributed by atoms with Gasteiger partial charge in [-0.15, -0.1) is 0 Å². The molecule has 0 aliphatic rings. The van der Waals surface area contributed by atoms with Crippen LogP contribution in [0.3, 0.4) is 0 Å². The molecule has 0 aromatic heterocycles. The number of rotatable bonds is 61. The van der Waals surface area contributed by atoms with Gasteiger partial charge in [-0.05, 0) is 31.1 Å². The summed E-state index contributed by atoms with van der Waals surface area (Å²) >= 11 is 0. The Bertz CT molecular complexity index is 732. The molecule has 0 saturated carbocycles. The third-order valence-electron chi connectivity index (χ3n) is 16.5. The van der Waals surface area contributed by atoms with E-state index < -0.39 is 0 Å². The summed E-state index contributed by atoms with van der Waals surface area (Å²) in [6.45, 7) is 9.34. The monoisotopic (exact) mass is 927 g/mol. The van der Waals surface area contributed by atoms with E-state index in [2.05, 4.69) is 27.7 Å². The van der Waals surface area contributed by atoms with Crippen molar-refractivity contribution in [1.29, 1.82) is 0 Å². The molecule has 0 unspecified atom stereocenters. The zero-order valence-corrected chi connectivity index (χ0v) is 47.6.